The van der Waals surface area contributed by atoms with Crippen molar-refractivity contribution in [3.63, 3.8) is 0 Å². The molecule has 0 saturated heterocycles. The molecular formula is C28H21N. The van der Waals surface area contributed by atoms with Crippen LogP contribution in [0.4, 0.5) is 5.69 Å². The van der Waals surface area contributed by atoms with Crippen molar-refractivity contribution in [1.82, 2.24) is 0 Å². The number of rotatable bonds is 3. The maximum Gasteiger partial charge on any atom is 0.0394 e. The van der Waals surface area contributed by atoms with E-state index >= 15 is 0 Å². The number of hydrogen-bond donors (Lipinski definition) is 1. The van der Waals surface area contributed by atoms with Crippen LogP contribution in [0.1, 0.15) is 11.1 Å². The van der Waals surface area contributed by atoms with E-state index in [4.69, 9.17) is 5.73 Å². The first kappa shape index (κ1) is 17.3. The van der Waals surface area contributed by atoms with E-state index < -0.39 is 0 Å². The Morgan fingerprint density at radius 2 is 1.00 bits per heavy atom. The van der Waals surface area contributed by atoms with Gasteiger partial charge in [0.25, 0.3) is 0 Å². The van der Waals surface area contributed by atoms with Crippen molar-refractivity contribution in [2.45, 2.75) is 0 Å². The molecule has 5 aromatic rings. The summed E-state index contributed by atoms with van der Waals surface area (Å²) in [6, 6.07) is 36.0. The van der Waals surface area contributed by atoms with Crippen LogP contribution in [0.25, 0.3) is 44.8 Å². The number of fused-ring (bicyclic) bond motifs is 2. The Kier molecular flexibility index (Phi) is 4.34. The molecule has 5 aromatic carbocycles. The first-order chi connectivity index (χ1) is 14.3. The highest BCUT2D eigenvalue weighted by Crippen LogP contribution is 2.37. The van der Waals surface area contributed by atoms with Gasteiger partial charge in [0.05, 0.1) is 0 Å². The van der Waals surface area contributed by atoms with E-state index in [0.717, 1.165) is 11.1 Å². The van der Waals surface area contributed by atoms with Crippen molar-refractivity contribution in [3.05, 3.63) is 114 Å². The Labute approximate surface area is 170 Å². The lowest BCUT2D eigenvalue weighted by molar-refractivity contribution is 1.65. The van der Waals surface area contributed by atoms with Crippen LogP contribution in [-0.2, 0) is 0 Å². The third kappa shape index (κ3) is 3.17. The average molecular weight is 371 g/mol. The highest BCUT2D eigenvalue weighted by Gasteiger charge is 2.10. The van der Waals surface area contributed by atoms with E-state index in [2.05, 4.69) is 97.1 Å². The molecule has 0 aliphatic heterocycles. The molecule has 0 unspecified atom stereocenters. The fraction of sp³-hybridized carbons (Fsp3) is 0. The van der Waals surface area contributed by atoms with Gasteiger partial charge in [0.15, 0.2) is 0 Å². The minimum atomic E-state index is 0.816. The summed E-state index contributed by atoms with van der Waals surface area (Å²) in [6.45, 7) is 0. The molecule has 0 spiro atoms. The summed E-state index contributed by atoms with van der Waals surface area (Å²) in [6.07, 6.45) is 4.36. The van der Waals surface area contributed by atoms with Crippen molar-refractivity contribution in [2.75, 3.05) is 5.73 Å². The van der Waals surface area contributed by atoms with Crippen LogP contribution in [-0.4, -0.2) is 0 Å². The average Bonchev–Trinajstić information content (AvgIpc) is 2.79. The van der Waals surface area contributed by atoms with Gasteiger partial charge in [0.1, 0.15) is 0 Å². The van der Waals surface area contributed by atoms with Gasteiger partial charge in [-0.2, -0.15) is 0 Å². The van der Waals surface area contributed by atoms with Crippen LogP contribution < -0.4 is 5.73 Å². The number of hydrogen-bond acceptors (Lipinski definition) is 1. The Bertz CT molecular complexity index is 1350. The lowest BCUT2D eigenvalue weighted by Crippen LogP contribution is -1.90. The SMILES string of the molecule is Nc1ccc(-c2ccc(/C=C/c3ccccc3)c3ccccc23)c2ccccc12. The van der Waals surface area contributed by atoms with Gasteiger partial charge < -0.3 is 5.73 Å². The van der Waals surface area contributed by atoms with Crippen LogP contribution in [0.15, 0.2) is 103 Å². The molecule has 0 aliphatic rings. The van der Waals surface area contributed by atoms with E-state index in [1.54, 1.807) is 0 Å². The Morgan fingerprint density at radius 3 is 1.72 bits per heavy atom. The molecule has 5 rings (SSSR count). The number of anilines is 1. The number of nitrogens with two attached hydrogens (primary N) is 1. The zero-order chi connectivity index (χ0) is 19.6. The van der Waals surface area contributed by atoms with E-state index in [1.165, 1.54) is 38.4 Å². The van der Waals surface area contributed by atoms with Crippen molar-refractivity contribution in [3.8, 4) is 11.1 Å². The highest BCUT2D eigenvalue weighted by molar-refractivity contribution is 6.10. The second-order valence-electron chi connectivity index (χ2n) is 7.24. The third-order valence-corrected chi connectivity index (χ3v) is 5.46. The van der Waals surface area contributed by atoms with Crippen LogP contribution >= 0.6 is 0 Å². The standard InChI is InChI=1S/C28H21N/c29-28-19-18-26(24-12-6-7-13-27(24)28)25-17-16-21(22-10-4-5-11-23(22)25)15-14-20-8-2-1-3-9-20/h1-19H,29H2/b15-14+. The predicted molar refractivity (Wildman–Crippen MR) is 127 cm³/mol. The third-order valence-electron chi connectivity index (χ3n) is 5.46. The summed E-state index contributed by atoms with van der Waals surface area (Å²) < 4.78 is 0. The summed E-state index contributed by atoms with van der Waals surface area (Å²) in [7, 11) is 0. The van der Waals surface area contributed by atoms with Crippen molar-refractivity contribution < 1.29 is 0 Å². The zero-order valence-electron chi connectivity index (χ0n) is 16.0. The molecular weight excluding hydrogens is 350 g/mol. The van der Waals surface area contributed by atoms with Crippen LogP contribution in [0.3, 0.4) is 0 Å². The molecule has 2 N–H and O–H groups in total. The van der Waals surface area contributed by atoms with Gasteiger partial charge in [0.2, 0.25) is 0 Å². The van der Waals surface area contributed by atoms with Gasteiger partial charge >= 0.3 is 0 Å². The maximum absolute atomic E-state index is 6.23. The largest absolute Gasteiger partial charge is 0.398 e. The lowest BCUT2D eigenvalue weighted by Gasteiger charge is -2.13. The second kappa shape index (κ2) is 7.29. The monoisotopic (exact) mass is 371 g/mol. The van der Waals surface area contributed by atoms with Crippen LogP contribution in [0.5, 0.6) is 0 Å². The van der Waals surface area contributed by atoms with Crippen molar-refractivity contribution in [2.24, 2.45) is 0 Å². The smallest absolute Gasteiger partial charge is 0.0394 e. The van der Waals surface area contributed by atoms with Crippen molar-refractivity contribution in [1.29, 1.82) is 0 Å². The molecule has 1 heteroatoms. The first-order valence-electron chi connectivity index (χ1n) is 9.84. The van der Waals surface area contributed by atoms with Gasteiger partial charge in [-0.15, -0.1) is 0 Å². The van der Waals surface area contributed by atoms with Gasteiger partial charge in [-0.3, -0.25) is 0 Å². The molecule has 0 aliphatic carbocycles. The second-order valence-corrected chi connectivity index (χ2v) is 7.24. The van der Waals surface area contributed by atoms with Crippen LogP contribution in [0.2, 0.25) is 0 Å². The summed E-state index contributed by atoms with van der Waals surface area (Å²) in [5, 5.41) is 4.78. The van der Waals surface area contributed by atoms with Gasteiger partial charge in [-0.05, 0) is 44.5 Å². The van der Waals surface area contributed by atoms with Crippen molar-refractivity contribution >= 4 is 39.4 Å². The first-order valence-corrected chi connectivity index (χ1v) is 9.84. The molecule has 0 bridgehead atoms. The molecule has 1 nitrogen and oxygen atoms in total. The number of benzene rings is 5. The summed E-state index contributed by atoms with van der Waals surface area (Å²) in [5.74, 6) is 0. The van der Waals surface area contributed by atoms with E-state index in [1.807, 2.05) is 18.2 Å². The topological polar surface area (TPSA) is 26.0 Å². The highest BCUT2D eigenvalue weighted by atomic mass is 14.5. The molecule has 29 heavy (non-hydrogen) atoms. The Morgan fingerprint density at radius 1 is 0.448 bits per heavy atom. The molecule has 0 aromatic heterocycles. The van der Waals surface area contributed by atoms with Gasteiger partial charge in [-0.1, -0.05) is 109 Å². The molecule has 0 heterocycles. The fourth-order valence-electron chi connectivity index (χ4n) is 4.01. The molecule has 0 atom stereocenters. The predicted octanol–water partition coefficient (Wildman–Crippen LogP) is 7.41. The summed E-state index contributed by atoms with van der Waals surface area (Å²) in [5.41, 5.74) is 11.9. The molecule has 138 valence electrons. The van der Waals surface area contributed by atoms with E-state index in [-0.39, 0.29) is 0 Å². The molecule has 0 fully saturated rings. The number of nitrogen functional groups attached to an aromatic ring is 1. The molecule has 0 saturated carbocycles. The maximum atomic E-state index is 6.23. The van der Waals surface area contributed by atoms with Gasteiger partial charge in [-0.25, -0.2) is 0 Å². The quantitative estimate of drug-likeness (QED) is 0.259. The minimum Gasteiger partial charge on any atom is -0.398 e. The Hall–Kier alpha value is -3.84. The zero-order valence-corrected chi connectivity index (χ0v) is 16.0. The van der Waals surface area contributed by atoms with Crippen LogP contribution in [0, 0.1) is 0 Å². The lowest BCUT2D eigenvalue weighted by atomic mass is 9.91. The van der Waals surface area contributed by atoms with E-state index in [9.17, 15) is 0 Å². The van der Waals surface area contributed by atoms with Gasteiger partial charge in [0, 0.05) is 11.1 Å². The summed E-state index contributed by atoms with van der Waals surface area (Å²) in [4.78, 5) is 0. The van der Waals surface area contributed by atoms with E-state index in [0.29, 0.717) is 0 Å². The molecule has 0 radical (unpaired) electrons. The normalized spacial score (nSPS) is 11.4. The molecule has 0 amide bonds. The Balaban J connectivity index is 1.70. The fourth-order valence-corrected chi connectivity index (χ4v) is 4.01. The summed E-state index contributed by atoms with van der Waals surface area (Å²) >= 11 is 0. The minimum absolute atomic E-state index is 0.816.